The minimum absolute atomic E-state index is 0.309. The summed E-state index contributed by atoms with van der Waals surface area (Å²) in [7, 11) is 0. The van der Waals surface area contributed by atoms with Crippen molar-refractivity contribution in [2.45, 2.75) is 0 Å². The fraction of sp³-hybridized carbons (Fsp3) is 0. The zero-order valence-electron chi connectivity index (χ0n) is 13.5. The molecule has 2 aliphatic rings. The Morgan fingerprint density at radius 2 is 1.08 bits per heavy atom. The molecule has 5 aromatic rings. The molecule has 4 heterocycles. The lowest BCUT2D eigenvalue weighted by molar-refractivity contribution is 1.09. The van der Waals surface area contributed by atoms with Gasteiger partial charge in [0.2, 0.25) is 0 Å². The van der Waals surface area contributed by atoms with Gasteiger partial charge in [0.05, 0.1) is 0 Å². The maximum absolute atomic E-state index is 2.37. The normalized spacial score (nSPS) is 13.5. The molecule has 2 aliphatic heterocycles. The number of aromatic nitrogens is 2. The molecule has 0 saturated heterocycles. The third-order valence-electron chi connectivity index (χ3n) is 5.97. The van der Waals surface area contributed by atoms with Crippen molar-refractivity contribution < 1.29 is 0 Å². The quantitative estimate of drug-likeness (QED) is 0.381. The molecule has 3 aromatic carbocycles. The monoisotopic (exact) mass is 316 g/mol. The summed E-state index contributed by atoms with van der Waals surface area (Å²) < 4.78 is 4.74. The highest BCUT2D eigenvalue weighted by Gasteiger charge is 2.38. The Bertz CT molecular complexity index is 1260. The van der Waals surface area contributed by atoms with Gasteiger partial charge in [0, 0.05) is 34.8 Å². The van der Waals surface area contributed by atoms with Crippen LogP contribution in [0.5, 0.6) is 0 Å². The molecule has 2 nitrogen and oxygen atoms in total. The van der Waals surface area contributed by atoms with Crippen molar-refractivity contribution in [2.75, 3.05) is 0 Å². The van der Waals surface area contributed by atoms with Crippen molar-refractivity contribution in [3.63, 3.8) is 0 Å². The molecule has 0 amide bonds. The van der Waals surface area contributed by atoms with Gasteiger partial charge >= 0.3 is 0 Å². The molecule has 0 fully saturated rings. The van der Waals surface area contributed by atoms with Crippen LogP contribution < -0.4 is 16.4 Å². The molecule has 0 spiro atoms. The van der Waals surface area contributed by atoms with E-state index in [9.17, 15) is 0 Å². The third kappa shape index (κ3) is 1.25. The van der Waals surface area contributed by atoms with Crippen molar-refractivity contribution in [3.05, 3.63) is 79.1 Å². The van der Waals surface area contributed by atoms with Crippen LogP contribution >= 0.6 is 0 Å². The Kier molecular flexibility index (Phi) is 1.90. The van der Waals surface area contributed by atoms with Crippen molar-refractivity contribution in [1.82, 2.24) is 9.13 Å². The topological polar surface area (TPSA) is 9.86 Å². The Labute approximate surface area is 145 Å². The number of benzene rings is 3. The Balaban J connectivity index is 1.79. The minimum Gasteiger partial charge on any atom is -0.318 e. The molecule has 0 unspecified atom stereocenters. The zero-order valence-corrected chi connectivity index (χ0v) is 13.5. The van der Waals surface area contributed by atoms with E-state index in [0.29, 0.717) is 6.71 Å². The van der Waals surface area contributed by atoms with E-state index in [4.69, 9.17) is 0 Å². The summed E-state index contributed by atoms with van der Waals surface area (Å²) in [6.07, 6.45) is 4.43. The van der Waals surface area contributed by atoms with Crippen molar-refractivity contribution in [3.8, 4) is 11.4 Å². The second-order valence-corrected chi connectivity index (χ2v) is 7.08. The molecular weight excluding hydrogens is 303 g/mol. The average molecular weight is 316 g/mol. The number of rotatable bonds is 0. The van der Waals surface area contributed by atoms with E-state index in [1.54, 1.807) is 0 Å². The van der Waals surface area contributed by atoms with Crippen LogP contribution in [0.15, 0.2) is 79.1 Å². The van der Waals surface area contributed by atoms with E-state index in [-0.39, 0.29) is 0 Å². The number of para-hydroxylation sites is 2. The van der Waals surface area contributed by atoms with Gasteiger partial charge in [-0.2, -0.15) is 0 Å². The highest BCUT2D eigenvalue weighted by atomic mass is 15.0. The van der Waals surface area contributed by atoms with Crippen LogP contribution in [0, 0.1) is 0 Å². The average Bonchev–Trinajstić information content (AvgIpc) is 3.28. The second-order valence-electron chi connectivity index (χ2n) is 7.08. The largest absolute Gasteiger partial charge is 0.318 e. The Morgan fingerprint density at radius 3 is 1.64 bits per heavy atom. The summed E-state index contributed by atoms with van der Waals surface area (Å²) in [5, 5.41) is 2.64. The van der Waals surface area contributed by atoms with Gasteiger partial charge in [-0.25, -0.2) is 0 Å². The lowest BCUT2D eigenvalue weighted by atomic mass is 9.34. The summed E-state index contributed by atoms with van der Waals surface area (Å²) in [4.78, 5) is 0. The Hall–Kier alpha value is -3.20. The molecule has 2 aromatic heterocycles. The molecule has 114 valence electrons. The van der Waals surface area contributed by atoms with Gasteiger partial charge in [-0.1, -0.05) is 42.5 Å². The summed E-state index contributed by atoms with van der Waals surface area (Å²) in [6.45, 7) is 0.309. The van der Waals surface area contributed by atoms with Gasteiger partial charge in [0.15, 0.2) is 0 Å². The predicted octanol–water partition coefficient (Wildman–Crippen LogP) is 2.72. The molecule has 25 heavy (non-hydrogen) atoms. The lowest BCUT2D eigenvalue weighted by Crippen LogP contribution is -2.59. The lowest BCUT2D eigenvalue weighted by Gasteiger charge is -2.32. The van der Waals surface area contributed by atoms with Gasteiger partial charge in [-0.15, -0.1) is 0 Å². The number of hydrogen-bond donors (Lipinski definition) is 0. The molecule has 3 heteroatoms. The van der Waals surface area contributed by atoms with Crippen LogP contribution in [-0.2, 0) is 0 Å². The predicted molar refractivity (Wildman–Crippen MR) is 105 cm³/mol. The molecular formula is C22H13BN2. The van der Waals surface area contributed by atoms with Crippen LogP contribution in [0.1, 0.15) is 0 Å². The van der Waals surface area contributed by atoms with E-state index in [0.717, 1.165) is 0 Å². The first-order valence-corrected chi connectivity index (χ1v) is 8.75. The molecule has 0 radical (unpaired) electrons. The summed E-state index contributed by atoms with van der Waals surface area (Å²) in [6, 6.07) is 24.6. The summed E-state index contributed by atoms with van der Waals surface area (Å²) in [5.74, 6) is 0. The van der Waals surface area contributed by atoms with Crippen LogP contribution in [0.4, 0.5) is 0 Å². The first kappa shape index (κ1) is 12.2. The van der Waals surface area contributed by atoms with Crippen molar-refractivity contribution >= 4 is 44.9 Å². The van der Waals surface area contributed by atoms with E-state index in [2.05, 4.69) is 88.3 Å². The van der Waals surface area contributed by atoms with E-state index in [1.165, 1.54) is 49.6 Å². The van der Waals surface area contributed by atoms with Crippen LogP contribution in [0.3, 0.4) is 0 Å². The van der Waals surface area contributed by atoms with Gasteiger partial charge in [0.25, 0.3) is 6.71 Å². The van der Waals surface area contributed by atoms with Gasteiger partial charge in [0.1, 0.15) is 0 Å². The molecule has 0 saturated carbocycles. The zero-order chi connectivity index (χ0) is 16.1. The maximum Gasteiger partial charge on any atom is 0.252 e. The highest BCUT2D eigenvalue weighted by Crippen LogP contribution is 2.29. The summed E-state index contributed by atoms with van der Waals surface area (Å²) in [5.41, 5.74) is 9.60. The first-order valence-electron chi connectivity index (χ1n) is 8.75. The van der Waals surface area contributed by atoms with Crippen molar-refractivity contribution in [1.29, 1.82) is 0 Å². The van der Waals surface area contributed by atoms with Gasteiger partial charge in [-0.05, 0) is 51.4 Å². The van der Waals surface area contributed by atoms with Gasteiger partial charge in [-0.3, -0.25) is 0 Å². The molecule has 0 atom stereocenters. The fourth-order valence-electron chi connectivity index (χ4n) is 5.05. The first-order chi connectivity index (χ1) is 12.4. The molecule has 0 aliphatic carbocycles. The van der Waals surface area contributed by atoms with Crippen molar-refractivity contribution in [2.24, 2.45) is 0 Å². The summed E-state index contributed by atoms with van der Waals surface area (Å²) >= 11 is 0. The molecule has 0 bridgehead atoms. The van der Waals surface area contributed by atoms with E-state index >= 15 is 0 Å². The maximum atomic E-state index is 2.37. The molecule has 0 N–H and O–H groups in total. The van der Waals surface area contributed by atoms with Gasteiger partial charge < -0.3 is 9.13 Å². The Morgan fingerprint density at radius 1 is 0.560 bits per heavy atom. The second kappa shape index (κ2) is 3.89. The standard InChI is InChI=1S/C22H13BN2/c1-4-14-10-12-24-18-8-3-9-19-20(18)23(16(6-1)21(14)24)17-7-2-5-15-11-13-25(19)22(15)17/h1-13H. The van der Waals surface area contributed by atoms with Crippen LogP contribution in [-0.4, -0.2) is 15.8 Å². The highest BCUT2D eigenvalue weighted by molar-refractivity contribution is 7.00. The fourth-order valence-corrected chi connectivity index (χ4v) is 5.05. The minimum atomic E-state index is 0.309. The van der Waals surface area contributed by atoms with E-state index < -0.39 is 0 Å². The third-order valence-corrected chi connectivity index (χ3v) is 5.97. The number of fused-ring (bicyclic) bond motifs is 4. The number of hydrogen-bond acceptors (Lipinski definition) is 0. The SMILES string of the molecule is c1cc2c3c(c1)-n1ccc4cccc(c41)B3c1cccc3ccn-2c13. The van der Waals surface area contributed by atoms with Crippen LogP contribution in [0.2, 0.25) is 0 Å². The van der Waals surface area contributed by atoms with Crippen LogP contribution in [0.25, 0.3) is 33.2 Å². The van der Waals surface area contributed by atoms with E-state index in [1.807, 2.05) is 0 Å². The smallest absolute Gasteiger partial charge is 0.252 e. The molecule has 7 rings (SSSR count). The number of nitrogens with zero attached hydrogens (tertiary/aromatic N) is 2.